The van der Waals surface area contributed by atoms with Gasteiger partial charge in [-0.3, -0.25) is 9.74 Å². The van der Waals surface area contributed by atoms with Crippen LogP contribution in [-0.2, 0) is 4.42 Å². The summed E-state index contributed by atoms with van der Waals surface area (Å²) in [7, 11) is 1.52. The van der Waals surface area contributed by atoms with E-state index in [4.69, 9.17) is 4.42 Å². The molecule has 1 aliphatic rings. The van der Waals surface area contributed by atoms with Crippen LogP contribution >= 0.6 is 0 Å². The van der Waals surface area contributed by atoms with Crippen molar-refractivity contribution in [2.24, 2.45) is 0 Å². The van der Waals surface area contributed by atoms with Crippen molar-refractivity contribution in [3.63, 3.8) is 0 Å². The van der Waals surface area contributed by atoms with Gasteiger partial charge < -0.3 is 0 Å². The molecule has 1 N–H and O–H groups in total. The van der Waals surface area contributed by atoms with Gasteiger partial charge in [-0.15, -0.1) is 0 Å². The summed E-state index contributed by atoms with van der Waals surface area (Å²) in [5.74, 6) is 0.546. The average molecular weight is 178 g/mol. The van der Waals surface area contributed by atoms with E-state index < -0.39 is 6.09 Å². The summed E-state index contributed by atoms with van der Waals surface area (Å²) in [6.45, 7) is 1.95. The monoisotopic (exact) mass is 178 g/mol. The van der Waals surface area contributed by atoms with Crippen molar-refractivity contribution in [2.45, 2.75) is 6.92 Å². The van der Waals surface area contributed by atoms with Crippen LogP contribution in [0.4, 0.5) is 4.79 Å². The zero-order valence-electron chi connectivity index (χ0n) is 7.70. The highest BCUT2D eigenvalue weighted by atomic mass is 16.5. The van der Waals surface area contributed by atoms with Gasteiger partial charge in [-0.25, -0.2) is 0 Å². The van der Waals surface area contributed by atoms with Crippen LogP contribution in [0, 0.1) is 0 Å². The minimum Gasteiger partial charge on any atom is -0.268 e. The van der Waals surface area contributed by atoms with E-state index >= 15 is 0 Å². The molecule has 1 amide bonds. The molecule has 0 aromatic heterocycles. The Morgan fingerprint density at radius 3 is 2.46 bits per heavy atom. The molecule has 0 heterocycles. The molecule has 0 saturated heterocycles. The van der Waals surface area contributed by atoms with Crippen LogP contribution in [-0.4, -0.2) is 18.9 Å². The Kier molecular flexibility index (Phi) is 3.20. The summed E-state index contributed by atoms with van der Waals surface area (Å²) in [4.78, 5) is 10.8. The molecule has 3 nitrogen and oxygen atoms in total. The second-order valence-corrected chi connectivity index (χ2v) is 2.50. The van der Waals surface area contributed by atoms with Crippen molar-refractivity contribution in [2.75, 3.05) is 7.05 Å². The molecule has 0 spiro atoms. The van der Waals surface area contributed by atoms with E-state index in [9.17, 15) is 4.79 Å². The number of nitrogens with one attached hydrogen (secondary N) is 1. The van der Waals surface area contributed by atoms with E-state index in [1.807, 2.05) is 25.2 Å². The molecule has 0 aromatic carbocycles. The Morgan fingerprint density at radius 1 is 1.38 bits per heavy atom. The standard InChI is InChI=1S/C10H11NO2/c1-3-8-4-6-9(7-5-8)13-10(12)11-2/h3-7H,1-2H3/p+1. The van der Waals surface area contributed by atoms with E-state index in [1.165, 1.54) is 7.05 Å². The first-order chi connectivity index (χ1) is 6.26. The van der Waals surface area contributed by atoms with Crippen LogP contribution in [0.25, 0.3) is 0 Å². The molecule has 0 fully saturated rings. The van der Waals surface area contributed by atoms with Crippen LogP contribution < -0.4 is 5.32 Å². The average Bonchev–Trinajstić information content (AvgIpc) is 2.19. The zero-order valence-corrected chi connectivity index (χ0v) is 7.70. The number of ketones is 1. The normalized spacial score (nSPS) is 14.3. The molecule has 0 aromatic rings. The van der Waals surface area contributed by atoms with Crippen LogP contribution in [0.2, 0.25) is 0 Å². The number of carbonyl (C=O) groups is 1. The minimum absolute atomic E-state index is 0.451. The molecule has 0 aliphatic heterocycles. The molecule has 1 aliphatic carbocycles. The Balaban J connectivity index is 2.74. The van der Waals surface area contributed by atoms with Gasteiger partial charge in [0.25, 0.3) is 5.78 Å². The quantitative estimate of drug-likeness (QED) is 0.561. The number of hydrogen-bond acceptors (Lipinski definition) is 1. The van der Waals surface area contributed by atoms with E-state index in [2.05, 4.69) is 5.32 Å². The minimum atomic E-state index is -0.451. The molecule has 0 bridgehead atoms. The summed E-state index contributed by atoms with van der Waals surface area (Å²) in [6, 6.07) is 0. The highest BCUT2D eigenvalue weighted by Crippen LogP contribution is 2.05. The van der Waals surface area contributed by atoms with Crippen molar-refractivity contribution >= 4 is 11.9 Å². The fourth-order valence-corrected chi connectivity index (χ4v) is 0.886. The van der Waals surface area contributed by atoms with Crippen molar-refractivity contribution in [3.05, 3.63) is 36.0 Å². The first-order valence-electron chi connectivity index (χ1n) is 4.05. The highest BCUT2D eigenvalue weighted by Gasteiger charge is 2.11. The predicted molar refractivity (Wildman–Crippen MR) is 51.5 cm³/mol. The van der Waals surface area contributed by atoms with Crippen LogP contribution in [0.15, 0.2) is 36.0 Å². The maximum atomic E-state index is 10.8. The second-order valence-electron chi connectivity index (χ2n) is 2.50. The number of amides is 1. The lowest BCUT2D eigenvalue weighted by Gasteiger charge is -1.95. The molecule has 68 valence electrons. The van der Waals surface area contributed by atoms with E-state index in [-0.39, 0.29) is 0 Å². The summed E-state index contributed by atoms with van der Waals surface area (Å²) < 4.78 is 4.90. The van der Waals surface area contributed by atoms with Gasteiger partial charge in [-0.2, -0.15) is 0 Å². The lowest BCUT2D eigenvalue weighted by atomic mass is 10.1. The van der Waals surface area contributed by atoms with Gasteiger partial charge in [0.05, 0.1) is 4.79 Å². The third kappa shape index (κ3) is 2.71. The van der Waals surface area contributed by atoms with Gasteiger partial charge in [0.15, 0.2) is 0 Å². The maximum absolute atomic E-state index is 10.8. The summed E-state index contributed by atoms with van der Waals surface area (Å²) in [6.07, 6.45) is 8.81. The molecule has 0 atom stereocenters. The summed E-state index contributed by atoms with van der Waals surface area (Å²) in [5, 5.41) is 2.37. The largest absolute Gasteiger partial charge is 0.691 e. The summed E-state index contributed by atoms with van der Waals surface area (Å²) >= 11 is 0. The van der Waals surface area contributed by atoms with Gasteiger partial charge in [0.1, 0.15) is 0 Å². The molecule has 0 saturated carbocycles. The molecular formula is C10H12NO2+. The lowest BCUT2D eigenvalue weighted by molar-refractivity contribution is -0.341. The maximum Gasteiger partial charge on any atom is 0.691 e. The van der Waals surface area contributed by atoms with Gasteiger partial charge in [0, 0.05) is 19.2 Å². The van der Waals surface area contributed by atoms with Crippen LogP contribution in [0.3, 0.4) is 0 Å². The Bertz CT molecular complexity index is 304. The third-order valence-electron chi connectivity index (χ3n) is 1.63. The second kappa shape index (κ2) is 4.40. The fourth-order valence-electron chi connectivity index (χ4n) is 0.886. The van der Waals surface area contributed by atoms with Gasteiger partial charge >= 0.3 is 6.09 Å². The first kappa shape index (κ1) is 9.45. The smallest absolute Gasteiger partial charge is 0.268 e. The fraction of sp³-hybridized carbons (Fsp3) is 0.200. The van der Waals surface area contributed by atoms with Gasteiger partial charge in [-0.05, 0) is 24.6 Å². The topological polar surface area (TPSA) is 40.4 Å². The number of hydrogen-bond donors (Lipinski definition) is 1. The van der Waals surface area contributed by atoms with E-state index in [0.717, 1.165) is 5.57 Å². The first-order valence-corrected chi connectivity index (χ1v) is 4.05. The summed E-state index contributed by atoms with van der Waals surface area (Å²) in [5.41, 5.74) is 1.10. The van der Waals surface area contributed by atoms with Gasteiger partial charge in [-0.1, -0.05) is 6.08 Å². The van der Waals surface area contributed by atoms with Crippen LogP contribution in [0.5, 0.6) is 0 Å². The predicted octanol–water partition coefficient (Wildman–Crippen LogP) is 1.50. The number of rotatable bonds is 0. The molecule has 13 heavy (non-hydrogen) atoms. The molecule has 0 radical (unpaired) electrons. The lowest BCUT2D eigenvalue weighted by Crippen LogP contribution is -2.18. The highest BCUT2D eigenvalue weighted by molar-refractivity contribution is 6.03. The molecule has 0 unspecified atom stereocenters. The Labute approximate surface area is 77.1 Å². The molecular weight excluding hydrogens is 166 g/mol. The molecule has 3 heteroatoms. The van der Waals surface area contributed by atoms with Gasteiger partial charge in [0.2, 0.25) is 0 Å². The van der Waals surface area contributed by atoms with Crippen molar-refractivity contribution in [3.8, 4) is 0 Å². The Hall–Kier alpha value is -1.64. The number of carbonyl (C=O) groups excluding carboxylic acids is 2. The van der Waals surface area contributed by atoms with Crippen molar-refractivity contribution in [1.82, 2.24) is 5.32 Å². The zero-order chi connectivity index (χ0) is 9.68. The number of allylic oxidation sites excluding steroid dienone is 6. The van der Waals surface area contributed by atoms with E-state index in [0.29, 0.717) is 5.78 Å². The molecule has 1 rings (SSSR count). The van der Waals surface area contributed by atoms with Crippen LogP contribution in [0.1, 0.15) is 6.92 Å². The van der Waals surface area contributed by atoms with Crippen molar-refractivity contribution < 1.29 is 9.22 Å². The van der Waals surface area contributed by atoms with E-state index in [1.54, 1.807) is 12.2 Å². The van der Waals surface area contributed by atoms with Crippen molar-refractivity contribution in [1.29, 1.82) is 0 Å². The Morgan fingerprint density at radius 2 is 2.00 bits per heavy atom. The SMILES string of the molecule is CC=C1C=CC(=[O+]C(=O)NC)C=C1. The third-order valence-corrected chi connectivity index (χ3v) is 1.63.